The molecule has 0 radical (unpaired) electrons. The predicted octanol–water partition coefficient (Wildman–Crippen LogP) is 1.45. The van der Waals surface area contributed by atoms with Gasteiger partial charge in [-0.15, -0.1) is 0 Å². The van der Waals surface area contributed by atoms with Gasteiger partial charge >= 0.3 is 0 Å². The summed E-state index contributed by atoms with van der Waals surface area (Å²) in [6, 6.07) is 5.94. The first-order valence-corrected chi connectivity index (χ1v) is 3.58. The number of rotatable bonds is 2. The first-order valence-electron chi connectivity index (χ1n) is 3.58. The van der Waals surface area contributed by atoms with Crippen LogP contribution in [0.2, 0.25) is 0 Å². The number of benzene rings is 1. The molecule has 0 bridgehead atoms. The molecule has 1 aromatic carbocycles. The van der Waals surface area contributed by atoms with Crippen LogP contribution in [0.25, 0.3) is 0 Å². The van der Waals surface area contributed by atoms with Crippen molar-refractivity contribution in [3.8, 4) is 0 Å². The lowest BCUT2D eigenvalue weighted by Crippen LogP contribution is -2.00. The number of nitrogens with two attached hydrogens (primary N) is 1. The Bertz CT molecular complexity index is 266. The third-order valence-corrected chi connectivity index (χ3v) is 1.68. The topological polar surface area (TPSA) is 49.9 Å². The molecule has 0 spiro atoms. The summed E-state index contributed by atoms with van der Waals surface area (Å²) in [4.78, 5) is 0. The SMILES string of the molecule is Cc1ccc(CN)c(C=N)c1. The van der Waals surface area contributed by atoms with Gasteiger partial charge in [-0.3, -0.25) is 0 Å². The molecule has 0 aliphatic rings. The third-order valence-electron chi connectivity index (χ3n) is 1.68. The van der Waals surface area contributed by atoms with Crippen LogP contribution in [0.1, 0.15) is 16.7 Å². The Hall–Kier alpha value is -1.15. The molecule has 11 heavy (non-hydrogen) atoms. The van der Waals surface area contributed by atoms with Gasteiger partial charge in [-0.25, -0.2) is 0 Å². The molecule has 1 rings (SSSR count). The highest BCUT2D eigenvalue weighted by Crippen LogP contribution is 2.08. The molecule has 0 amide bonds. The molecule has 0 aliphatic heterocycles. The van der Waals surface area contributed by atoms with E-state index in [2.05, 4.69) is 0 Å². The Labute approximate surface area is 66.6 Å². The van der Waals surface area contributed by atoms with Crippen LogP contribution in [-0.4, -0.2) is 6.21 Å². The largest absolute Gasteiger partial charge is 0.326 e. The van der Waals surface area contributed by atoms with Crippen LogP contribution < -0.4 is 5.73 Å². The van der Waals surface area contributed by atoms with Crippen molar-refractivity contribution in [1.29, 1.82) is 5.41 Å². The van der Waals surface area contributed by atoms with Crippen molar-refractivity contribution in [2.45, 2.75) is 13.5 Å². The van der Waals surface area contributed by atoms with E-state index in [1.807, 2.05) is 25.1 Å². The average molecular weight is 148 g/mol. The Morgan fingerprint density at radius 1 is 1.55 bits per heavy atom. The van der Waals surface area contributed by atoms with Gasteiger partial charge in [0, 0.05) is 12.8 Å². The van der Waals surface area contributed by atoms with Crippen LogP contribution in [0, 0.1) is 12.3 Å². The van der Waals surface area contributed by atoms with Crippen molar-refractivity contribution >= 4 is 6.21 Å². The minimum Gasteiger partial charge on any atom is -0.326 e. The highest BCUT2D eigenvalue weighted by Gasteiger charge is 1.96. The highest BCUT2D eigenvalue weighted by atomic mass is 14.5. The summed E-state index contributed by atoms with van der Waals surface area (Å²) in [5.74, 6) is 0. The molecule has 0 unspecified atom stereocenters. The summed E-state index contributed by atoms with van der Waals surface area (Å²) in [6.07, 6.45) is 1.34. The van der Waals surface area contributed by atoms with Crippen LogP contribution in [0.4, 0.5) is 0 Å². The average Bonchev–Trinajstić information content (AvgIpc) is 2.04. The van der Waals surface area contributed by atoms with Crippen molar-refractivity contribution in [3.05, 3.63) is 34.9 Å². The molecule has 2 heteroatoms. The summed E-state index contributed by atoms with van der Waals surface area (Å²) in [5.41, 5.74) is 8.60. The van der Waals surface area contributed by atoms with E-state index in [9.17, 15) is 0 Å². The zero-order valence-electron chi connectivity index (χ0n) is 6.59. The van der Waals surface area contributed by atoms with E-state index in [0.717, 1.165) is 11.1 Å². The summed E-state index contributed by atoms with van der Waals surface area (Å²) < 4.78 is 0. The van der Waals surface area contributed by atoms with Crippen LogP contribution in [0.15, 0.2) is 18.2 Å². The van der Waals surface area contributed by atoms with E-state index in [-0.39, 0.29) is 0 Å². The summed E-state index contributed by atoms with van der Waals surface area (Å²) in [5, 5.41) is 7.10. The van der Waals surface area contributed by atoms with Crippen LogP contribution in [0.3, 0.4) is 0 Å². The van der Waals surface area contributed by atoms with Crippen LogP contribution in [0.5, 0.6) is 0 Å². The summed E-state index contributed by atoms with van der Waals surface area (Å²) >= 11 is 0. The van der Waals surface area contributed by atoms with Crippen LogP contribution >= 0.6 is 0 Å². The molecular weight excluding hydrogens is 136 g/mol. The minimum absolute atomic E-state index is 0.505. The van der Waals surface area contributed by atoms with Crippen molar-refractivity contribution in [2.75, 3.05) is 0 Å². The normalized spacial score (nSPS) is 9.64. The van der Waals surface area contributed by atoms with E-state index in [0.29, 0.717) is 6.54 Å². The molecule has 58 valence electrons. The second-order valence-corrected chi connectivity index (χ2v) is 2.55. The van der Waals surface area contributed by atoms with Crippen molar-refractivity contribution in [2.24, 2.45) is 5.73 Å². The molecule has 0 aromatic heterocycles. The van der Waals surface area contributed by atoms with Gasteiger partial charge < -0.3 is 11.1 Å². The highest BCUT2D eigenvalue weighted by molar-refractivity contribution is 5.79. The maximum atomic E-state index is 7.10. The van der Waals surface area contributed by atoms with Gasteiger partial charge in [-0.05, 0) is 18.1 Å². The minimum atomic E-state index is 0.505. The smallest absolute Gasteiger partial charge is 0.0253 e. The maximum Gasteiger partial charge on any atom is 0.0253 e. The molecule has 0 fully saturated rings. The fourth-order valence-electron chi connectivity index (χ4n) is 1.03. The summed E-state index contributed by atoms with van der Waals surface area (Å²) in [6.45, 7) is 2.51. The second-order valence-electron chi connectivity index (χ2n) is 2.55. The van der Waals surface area contributed by atoms with Crippen molar-refractivity contribution < 1.29 is 0 Å². The van der Waals surface area contributed by atoms with E-state index < -0.39 is 0 Å². The molecule has 0 atom stereocenters. The standard InChI is InChI=1S/C9H12N2/c1-7-2-3-8(5-10)9(4-7)6-11/h2-4,6,11H,5,10H2,1H3. The number of hydrogen-bond donors (Lipinski definition) is 2. The second kappa shape index (κ2) is 3.30. The number of hydrogen-bond acceptors (Lipinski definition) is 2. The van der Waals surface area contributed by atoms with E-state index in [1.165, 1.54) is 11.8 Å². The maximum absolute atomic E-state index is 7.10. The molecule has 0 aliphatic carbocycles. The van der Waals surface area contributed by atoms with Gasteiger partial charge in [0.25, 0.3) is 0 Å². The summed E-state index contributed by atoms with van der Waals surface area (Å²) in [7, 11) is 0. The van der Waals surface area contributed by atoms with Crippen molar-refractivity contribution in [1.82, 2.24) is 0 Å². The molecule has 2 nitrogen and oxygen atoms in total. The molecule has 0 saturated heterocycles. The lowest BCUT2D eigenvalue weighted by Gasteiger charge is -2.02. The van der Waals surface area contributed by atoms with Gasteiger partial charge in [0.05, 0.1) is 0 Å². The van der Waals surface area contributed by atoms with Crippen LogP contribution in [-0.2, 0) is 6.54 Å². The lowest BCUT2D eigenvalue weighted by atomic mass is 10.1. The molecule has 3 N–H and O–H groups in total. The quantitative estimate of drug-likeness (QED) is 0.613. The van der Waals surface area contributed by atoms with Gasteiger partial charge in [-0.1, -0.05) is 23.8 Å². The Morgan fingerprint density at radius 2 is 2.27 bits per heavy atom. The third kappa shape index (κ3) is 1.65. The number of aryl methyl sites for hydroxylation is 1. The Balaban J connectivity index is 3.16. The lowest BCUT2D eigenvalue weighted by molar-refractivity contribution is 1.06. The fraction of sp³-hybridized carbons (Fsp3) is 0.222. The van der Waals surface area contributed by atoms with E-state index in [4.69, 9.17) is 11.1 Å². The predicted molar refractivity (Wildman–Crippen MR) is 47.0 cm³/mol. The Kier molecular flexibility index (Phi) is 2.39. The zero-order chi connectivity index (χ0) is 8.27. The number of nitrogens with one attached hydrogen (secondary N) is 1. The molecular formula is C9H12N2. The molecule has 0 saturated carbocycles. The molecule has 1 aromatic rings. The Morgan fingerprint density at radius 3 is 2.82 bits per heavy atom. The zero-order valence-corrected chi connectivity index (χ0v) is 6.59. The van der Waals surface area contributed by atoms with Gasteiger partial charge in [0.15, 0.2) is 0 Å². The molecule has 0 heterocycles. The monoisotopic (exact) mass is 148 g/mol. The van der Waals surface area contributed by atoms with E-state index in [1.54, 1.807) is 0 Å². The first kappa shape index (κ1) is 7.95. The van der Waals surface area contributed by atoms with Gasteiger partial charge in [0.2, 0.25) is 0 Å². The first-order chi connectivity index (χ1) is 5.27. The van der Waals surface area contributed by atoms with E-state index >= 15 is 0 Å². The van der Waals surface area contributed by atoms with Crippen molar-refractivity contribution in [3.63, 3.8) is 0 Å². The van der Waals surface area contributed by atoms with Gasteiger partial charge in [-0.2, -0.15) is 0 Å². The van der Waals surface area contributed by atoms with Gasteiger partial charge in [0.1, 0.15) is 0 Å². The fourth-order valence-corrected chi connectivity index (χ4v) is 1.03.